The highest BCUT2D eigenvalue weighted by Crippen LogP contribution is 2.36. The molecule has 0 saturated carbocycles. The van der Waals surface area contributed by atoms with Gasteiger partial charge in [0.05, 0.1) is 17.2 Å². The van der Waals surface area contributed by atoms with Crippen LogP contribution in [0.25, 0.3) is 0 Å². The molecule has 0 bridgehead atoms. The summed E-state index contributed by atoms with van der Waals surface area (Å²) in [4.78, 5) is 2.15. The highest BCUT2D eigenvalue weighted by molar-refractivity contribution is 6.32. The minimum atomic E-state index is -4.50. The van der Waals surface area contributed by atoms with E-state index in [1.54, 1.807) is 6.07 Å². The van der Waals surface area contributed by atoms with E-state index in [9.17, 15) is 13.2 Å². The highest BCUT2D eigenvalue weighted by atomic mass is 35.5. The van der Waals surface area contributed by atoms with E-state index in [1.165, 1.54) is 11.6 Å². The second kappa shape index (κ2) is 13.1. The van der Waals surface area contributed by atoms with Gasteiger partial charge in [-0.05, 0) is 47.2 Å². The van der Waals surface area contributed by atoms with Gasteiger partial charge in [0.1, 0.15) is 5.75 Å². The minimum absolute atomic E-state index is 0.0759. The van der Waals surface area contributed by atoms with Crippen LogP contribution in [-0.4, -0.2) is 36.3 Å². The number of hydrogen-bond donors (Lipinski definition) is 1. The molecule has 0 aliphatic carbocycles. The van der Waals surface area contributed by atoms with Gasteiger partial charge < -0.3 is 9.84 Å². The SMILES string of the molecule is C[C@@H](COc1cccc(CCO)c1)CN(Cc1cccc(C(F)(F)F)c1Cl)C[C@H](C)c1ccccc1. The van der Waals surface area contributed by atoms with Gasteiger partial charge in [-0.15, -0.1) is 0 Å². The summed E-state index contributed by atoms with van der Waals surface area (Å²) in [7, 11) is 0. The van der Waals surface area contributed by atoms with Crippen molar-refractivity contribution in [2.24, 2.45) is 5.92 Å². The van der Waals surface area contributed by atoms with Crippen molar-refractivity contribution in [2.45, 2.75) is 38.9 Å². The lowest BCUT2D eigenvalue weighted by Crippen LogP contribution is -2.33. The number of aliphatic hydroxyl groups is 1. The summed E-state index contributed by atoms with van der Waals surface area (Å²) < 4.78 is 46.3. The van der Waals surface area contributed by atoms with Crippen LogP contribution in [0.1, 0.15) is 42.0 Å². The van der Waals surface area contributed by atoms with E-state index in [1.807, 2.05) is 42.5 Å². The lowest BCUT2D eigenvalue weighted by Gasteiger charge is -2.29. The Bertz CT molecular complexity index is 1090. The van der Waals surface area contributed by atoms with Crippen molar-refractivity contribution in [2.75, 3.05) is 26.3 Å². The van der Waals surface area contributed by atoms with E-state index in [-0.39, 0.29) is 23.5 Å². The van der Waals surface area contributed by atoms with Crippen LogP contribution in [0, 0.1) is 5.92 Å². The maximum Gasteiger partial charge on any atom is 0.417 e. The Morgan fingerprint density at radius 3 is 2.36 bits per heavy atom. The summed E-state index contributed by atoms with van der Waals surface area (Å²) in [5.74, 6) is 1.02. The molecule has 0 unspecified atom stereocenters. The van der Waals surface area contributed by atoms with Crippen LogP contribution in [0.3, 0.4) is 0 Å². The molecule has 0 aromatic heterocycles. The van der Waals surface area contributed by atoms with E-state index in [0.717, 1.165) is 17.4 Å². The van der Waals surface area contributed by atoms with E-state index >= 15 is 0 Å². The number of hydrogen-bond acceptors (Lipinski definition) is 3. The summed E-state index contributed by atoms with van der Waals surface area (Å²) >= 11 is 6.22. The van der Waals surface area contributed by atoms with Gasteiger partial charge in [-0.25, -0.2) is 0 Å². The summed E-state index contributed by atoms with van der Waals surface area (Å²) in [5, 5.41) is 8.92. The third-order valence-corrected chi connectivity index (χ3v) is 6.53. The van der Waals surface area contributed by atoms with Gasteiger partial charge in [-0.2, -0.15) is 13.2 Å². The molecule has 0 aliphatic rings. The third kappa shape index (κ3) is 8.26. The Labute approximate surface area is 216 Å². The van der Waals surface area contributed by atoms with Crippen LogP contribution >= 0.6 is 11.6 Å². The predicted octanol–water partition coefficient (Wildman–Crippen LogP) is 7.21. The predicted molar refractivity (Wildman–Crippen MR) is 138 cm³/mol. The fraction of sp³-hybridized carbons (Fsp3) is 0.379. The van der Waals surface area contributed by atoms with Crippen LogP contribution < -0.4 is 4.74 Å². The molecule has 0 spiro atoms. The standard InChI is InChI=1S/C29H33ClF3NO2/c1-21(20-36-26-12-6-8-23(16-26)14-15-35)17-34(18-22(2)24-9-4-3-5-10-24)19-25-11-7-13-27(28(25)30)29(31,32)33/h3-13,16,21-22,35H,14-15,17-20H2,1-2H3/t21-,22+/m1/s1. The van der Waals surface area contributed by atoms with Crippen molar-refractivity contribution < 1.29 is 23.0 Å². The Kier molecular flexibility index (Phi) is 10.2. The van der Waals surface area contributed by atoms with Crippen LogP contribution in [0.5, 0.6) is 5.75 Å². The topological polar surface area (TPSA) is 32.7 Å². The maximum atomic E-state index is 13.4. The van der Waals surface area contributed by atoms with Gasteiger partial charge in [0.25, 0.3) is 0 Å². The minimum Gasteiger partial charge on any atom is -0.493 e. The van der Waals surface area contributed by atoms with Crippen LogP contribution in [0.2, 0.25) is 5.02 Å². The number of nitrogens with zero attached hydrogens (tertiary/aromatic N) is 1. The second-order valence-electron chi connectivity index (χ2n) is 9.32. The molecule has 0 saturated heterocycles. The molecule has 36 heavy (non-hydrogen) atoms. The lowest BCUT2D eigenvalue weighted by atomic mass is 9.99. The molecule has 1 N–H and O–H groups in total. The zero-order chi connectivity index (χ0) is 26.1. The smallest absolute Gasteiger partial charge is 0.417 e. The van der Waals surface area contributed by atoms with Crippen LogP contribution in [0.4, 0.5) is 13.2 Å². The first kappa shape index (κ1) is 28.0. The monoisotopic (exact) mass is 519 g/mol. The molecule has 0 aliphatic heterocycles. The zero-order valence-electron chi connectivity index (χ0n) is 20.6. The van der Waals surface area contributed by atoms with Crippen molar-refractivity contribution >= 4 is 11.6 Å². The highest BCUT2D eigenvalue weighted by Gasteiger charge is 2.34. The Morgan fingerprint density at radius 1 is 0.944 bits per heavy atom. The molecule has 0 fully saturated rings. The second-order valence-corrected chi connectivity index (χ2v) is 9.70. The molecule has 7 heteroatoms. The molecule has 0 heterocycles. The van der Waals surface area contributed by atoms with Gasteiger partial charge in [-0.3, -0.25) is 4.90 Å². The van der Waals surface area contributed by atoms with Crippen LogP contribution in [-0.2, 0) is 19.1 Å². The van der Waals surface area contributed by atoms with Crippen molar-refractivity contribution in [1.29, 1.82) is 0 Å². The Morgan fingerprint density at radius 2 is 1.67 bits per heavy atom. The molecule has 3 aromatic rings. The first-order valence-electron chi connectivity index (χ1n) is 12.1. The lowest BCUT2D eigenvalue weighted by molar-refractivity contribution is -0.137. The fourth-order valence-corrected chi connectivity index (χ4v) is 4.58. The quantitative estimate of drug-likeness (QED) is 0.274. The van der Waals surface area contributed by atoms with Gasteiger partial charge in [0.15, 0.2) is 0 Å². The van der Waals surface area contributed by atoms with Crippen molar-refractivity contribution in [1.82, 2.24) is 4.90 Å². The van der Waals surface area contributed by atoms with Crippen molar-refractivity contribution in [3.8, 4) is 5.75 Å². The number of alkyl halides is 3. The Hall–Kier alpha value is -2.54. The van der Waals surface area contributed by atoms with Crippen molar-refractivity contribution in [3.05, 3.63) is 100 Å². The summed E-state index contributed by atoms with van der Waals surface area (Å²) in [6.07, 6.45) is -3.93. The summed E-state index contributed by atoms with van der Waals surface area (Å²) in [5.41, 5.74) is 1.82. The van der Waals surface area contributed by atoms with E-state index < -0.39 is 11.7 Å². The largest absolute Gasteiger partial charge is 0.493 e. The number of benzene rings is 3. The average molecular weight is 520 g/mol. The van der Waals surface area contributed by atoms with E-state index in [2.05, 4.69) is 30.9 Å². The molecule has 3 aromatic carbocycles. The van der Waals surface area contributed by atoms with Crippen molar-refractivity contribution in [3.63, 3.8) is 0 Å². The fourth-order valence-electron chi connectivity index (χ4n) is 4.29. The summed E-state index contributed by atoms with van der Waals surface area (Å²) in [6, 6.07) is 21.8. The van der Waals surface area contributed by atoms with Gasteiger partial charge in [0.2, 0.25) is 0 Å². The number of rotatable bonds is 12. The molecule has 2 atom stereocenters. The number of aliphatic hydroxyl groups excluding tert-OH is 1. The van der Waals surface area contributed by atoms with Gasteiger partial charge in [0, 0.05) is 32.2 Å². The number of ether oxygens (including phenoxy) is 1. The summed E-state index contributed by atoms with van der Waals surface area (Å²) in [6.45, 7) is 6.29. The van der Waals surface area contributed by atoms with E-state index in [4.69, 9.17) is 21.4 Å². The molecular weight excluding hydrogens is 487 g/mol. The maximum absolute atomic E-state index is 13.4. The van der Waals surface area contributed by atoms with Gasteiger partial charge >= 0.3 is 6.18 Å². The Balaban J connectivity index is 1.73. The molecule has 0 radical (unpaired) electrons. The average Bonchev–Trinajstić information content (AvgIpc) is 2.84. The van der Waals surface area contributed by atoms with Crippen LogP contribution in [0.15, 0.2) is 72.8 Å². The first-order valence-corrected chi connectivity index (χ1v) is 12.5. The molecule has 194 valence electrons. The molecular formula is C29H33ClF3NO2. The normalized spacial score (nSPS) is 13.6. The molecule has 3 rings (SSSR count). The molecule has 0 amide bonds. The zero-order valence-corrected chi connectivity index (χ0v) is 21.4. The van der Waals surface area contributed by atoms with Gasteiger partial charge in [-0.1, -0.05) is 80.0 Å². The molecule has 3 nitrogen and oxygen atoms in total. The third-order valence-electron chi connectivity index (χ3n) is 6.08. The van der Waals surface area contributed by atoms with E-state index in [0.29, 0.717) is 38.2 Å². The first-order chi connectivity index (χ1) is 17.2. The number of halogens is 4.